The molecule has 5 heterocycles. The van der Waals surface area contributed by atoms with E-state index in [9.17, 15) is 19.3 Å². The van der Waals surface area contributed by atoms with Gasteiger partial charge in [-0.3, -0.25) is 29.4 Å². The number of nitrogen functional groups attached to an aromatic ring is 1. The number of rotatable bonds is 12. The third kappa shape index (κ3) is 8.06. The van der Waals surface area contributed by atoms with Crippen LogP contribution in [-0.2, 0) is 6.54 Å². The number of ether oxygens (including phenoxy) is 2. The first kappa shape index (κ1) is 38.8. The summed E-state index contributed by atoms with van der Waals surface area (Å²) in [6, 6.07) is 17.6. The molecule has 2 aliphatic heterocycles. The first-order valence-electron chi connectivity index (χ1n) is 19.0. The normalized spacial score (nSPS) is 17.2. The molecule has 2 saturated heterocycles. The highest BCUT2D eigenvalue weighted by Gasteiger charge is 2.54. The van der Waals surface area contributed by atoms with Gasteiger partial charge in [0.05, 0.1) is 28.3 Å². The van der Waals surface area contributed by atoms with E-state index in [1.54, 1.807) is 18.4 Å². The second kappa shape index (κ2) is 15.2. The molecule has 1 saturated carbocycles. The molecule has 3 fully saturated rings. The first-order valence-corrected chi connectivity index (χ1v) is 19.8. The standard InChI is InChI=1S/C40H36B3FN8O6S/c41-40(42,43)58-35-12-23(11-24-5-10-56-36(24)35)20-49-6-8-50(9-7-49)26-16-39(17-26)21-51(22-39)25-1-3-29(38(53)48-59-28-2-4-32(45)33(15-28)52(54)55)34(13-25)57-27-14-30-31(44)19-47-37(30)46-18-27/h1-5,10-15,18-19,26H,6-9,16-17,20-22,45H2,(H,46,47)(H,48,53). The number of fused-ring (bicyclic) bond motifs is 2. The van der Waals surface area contributed by atoms with Gasteiger partial charge < -0.3 is 29.5 Å². The van der Waals surface area contributed by atoms with E-state index in [1.165, 1.54) is 30.6 Å². The molecular weight excluding hydrogens is 772 g/mol. The number of aromatic amines is 1. The number of H-pyrrole nitrogens is 1. The van der Waals surface area contributed by atoms with Gasteiger partial charge in [-0.1, -0.05) is 0 Å². The van der Waals surface area contributed by atoms with E-state index < -0.39 is 21.9 Å². The predicted molar refractivity (Wildman–Crippen MR) is 225 cm³/mol. The lowest BCUT2D eigenvalue weighted by Crippen LogP contribution is -2.68. The summed E-state index contributed by atoms with van der Waals surface area (Å²) >= 11 is 0.917. The van der Waals surface area contributed by atoms with Gasteiger partial charge in [-0.05, 0) is 84.2 Å². The number of nitrogens with one attached hydrogen (secondary N) is 2. The highest BCUT2D eigenvalue weighted by molar-refractivity contribution is 7.98. The molecule has 3 aliphatic rings. The topological polar surface area (TPSA) is 168 Å². The van der Waals surface area contributed by atoms with Gasteiger partial charge in [-0.15, -0.1) is 0 Å². The minimum absolute atomic E-state index is 0.0221. The number of anilines is 2. The van der Waals surface area contributed by atoms with Crippen LogP contribution in [0.4, 0.5) is 21.5 Å². The lowest BCUT2D eigenvalue weighted by Gasteiger charge is -2.62. The Hall–Kier alpha value is -5.65. The smallest absolute Gasteiger partial charge is 0.293 e. The predicted octanol–water partition coefficient (Wildman–Crippen LogP) is 5.45. The van der Waals surface area contributed by atoms with E-state index >= 15 is 0 Å². The Morgan fingerprint density at radius 3 is 2.64 bits per heavy atom. The van der Waals surface area contributed by atoms with E-state index in [0.717, 1.165) is 87.2 Å². The highest BCUT2D eigenvalue weighted by Crippen LogP contribution is 2.52. The van der Waals surface area contributed by atoms with Crippen molar-refractivity contribution in [2.75, 3.05) is 49.9 Å². The molecular formula is C40H36B3FN8O6S. The third-order valence-electron chi connectivity index (χ3n) is 11.3. The Morgan fingerprint density at radius 2 is 1.88 bits per heavy atom. The van der Waals surface area contributed by atoms with Crippen molar-refractivity contribution in [2.45, 2.75) is 35.6 Å². The molecule has 294 valence electrons. The summed E-state index contributed by atoms with van der Waals surface area (Å²) in [4.78, 5) is 39.1. The average molecular weight is 808 g/mol. The maximum absolute atomic E-state index is 14.4. The number of carbonyl (C=O) groups excluding carboxylic acids is 1. The molecule has 1 aliphatic carbocycles. The Morgan fingerprint density at radius 1 is 1.08 bits per heavy atom. The molecule has 0 unspecified atom stereocenters. The molecule has 4 N–H and O–H groups in total. The van der Waals surface area contributed by atoms with Crippen molar-refractivity contribution in [2.24, 2.45) is 5.41 Å². The largest absolute Gasteiger partial charge is 0.512 e. The lowest BCUT2D eigenvalue weighted by molar-refractivity contribution is -0.384. The minimum Gasteiger partial charge on any atom is -0.512 e. The fourth-order valence-electron chi connectivity index (χ4n) is 8.43. The second-order valence-corrected chi connectivity index (χ2v) is 16.5. The fraction of sp³-hybridized carbons (Fsp3) is 0.300. The average Bonchev–Trinajstić information content (AvgIpc) is 3.80. The quantitative estimate of drug-likeness (QED) is 0.0471. The number of carbonyl (C=O) groups is 1. The maximum atomic E-state index is 14.4. The van der Waals surface area contributed by atoms with Crippen molar-refractivity contribution in [3.05, 3.63) is 106 Å². The number of furan rings is 1. The van der Waals surface area contributed by atoms with E-state index in [0.29, 0.717) is 27.9 Å². The van der Waals surface area contributed by atoms with Crippen molar-refractivity contribution in [1.29, 1.82) is 0 Å². The number of piperazine rings is 1. The van der Waals surface area contributed by atoms with Crippen LogP contribution in [0.25, 0.3) is 22.0 Å². The van der Waals surface area contributed by atoms with Crippen molar-refractivity contribution >= 4 is 80.5 Å². The number of nitrogens with zero attached hydrogens (tertiary/aromatic N) is 5. The van der Waals surface area contributed by atoms with Crippen LogP contribution in [0.15, 0.2) is 88.6 Å². The summed E-state index contributed by atoms with van der Waals surface area (Å²) in [5, 5.41) is 10.7. The zero-order valence-corrected chi connectivity index (χ0v) is 32.5. The third-order valence-corrected chi connectivity index (χ3v) is 12.1. The molecule has 1 spiro atoms. The van der Waals surface area contributed by atoms with Gasteiger partial charge in [0.25, 0.3) is 11.6 Å². The van der Waals surface area contributed by atoms with Crippen molar-refractivity contribution in [1.82, 2.24) is 24.5 Å². The number of halogens is 1. The monoisotopic (exact) mass is 808 g/mol. The van der Waals surface area contributed by atoms with Crippen LogP contribution < -0.4 is 24.8 Å². The van der Waals surface area contributed by atoms with Crippen LogP contribution in [0.3, 0.4) is 0 Å². The molecule has 14 nitrogen and oxygen atoms in total. The first-order chi connectivity index (χ1) is 28.3. The number of benzene rings is 3. The number of nitro benzene ring substituents is 1. The highest BCUT2D eigenvalue weighted by atomic mass is 32.2. The zero-order valence-electron chi connectivity index (χ0n) is 31.7. The van der Waals surface area contributed by atoms with Crippen LogP contribution in [0.2, 0.25) is 0 Å². The SMILES string of the molecule is [B]C([B])([B])Oc1cc(CN2CCN(C3CC4(C3)CN(c3ccc(C(=O)NSc5ccc(N)c([N+](=O)[O-])c5)c(Oc5cnc6[nH]cc(F)c6c5)c3)C4)CC2)cc2ccoc12. The Bertz CT molecular complexity index is 2580. The van der Waals surface area contributed by atoms with Crippen LogP contribution in [0.1, 0.15) is 28.8 Å². The Kier molecular flexibility index (Phi) is 10.00. The fourth-order valence-corrected chi connectivity index (χ4v) is 9.06. The number of pyridine rings is 1. The summed E-state index contributed by atoms with van der Waals surface area (Å²) < 4.78 is 34.6. The zero-order chi connectivity index (χ0) is 41.1. The number of nitrogens with two attached hydrogens (primary N) is 1. The minimum atomic E-state index is -1.82. The molecule has 19 heteroatoms. The number of nitro groups is 1. The molecule has 59 heavy (non-hydrogen) atoms. The number of aromatic nitrogens is 2. The summed E-state index contributed by atoms with van der Waals surface area (Å²) in [6.45, 7) is 6.31. The van der Waals surface area contributed by atoms with E-state index in [2.05, 4.69) is 35.5 Å². The summed E-state index contributed by atoms with van der Waals surface area (Å²) in [5.41, 5.74) is 8.82. The van der Waals surface area contributed by atoms with Crippen molar-refractivity contribution in [3.8, 4) is 17.2 Å². The van der Waals surface area contributed by atoms with Crippen LogP contribution in [0.5, 0.6) is 17.2 Å². The van der Waals surface area contributed by atoms with E-state index in [4.69, 9.17) is 43.2 Å². The molecule has 3 aromatic heterocycles. The van der Waals surface area contributed by atoms with Gasteiger partial charge >= 0.3 is 0 Å². The van der Waals surface area contributed by atoms with Gasteiger partial charge in [0.2, 0.25) is 0 Å². The summed E-state index contributed by atoms with van der Waals surface area (Å²) in [6.07, 6.45) is 6.50. The Labute approximate surface area is 346 Å². The Balaban J connectivity index is 0.829. The molecule has 3 aromatic carbocycles. The number of amides is 1. The molecule has 0 bridgehead atoms. The number of hydrogen-bond acceptors (Lipinski definition) is 12. The second-order valence-electron chi connectivity index (χ2n) is 15.6. The van der Waals surface area contributed by atoms with Gasteiger partial charge in [0.1, 0.15) is 52.2 Å². The van der Waals surface area contributed by atoms with Gasteiger partial charge in [-0.2, -0.15) is 0 Å². The van der Waals surface area contributed by atoms with Crippen LogP contribution in [0, 0.1) is 21.3 Å². The van der Waals surface area contributed by atoms with Crippen LogP contribution >= 0.6 is 11.9 Å². The molecule has 6 aromatic rings. The van der Waals surface area contributed by atoms with E-state index in [-0.39, 0.29) is 39.2 Å². The van der Waals surface area contributed by atoms with Crippen LogP contribution in [-0.4, -0.2) is 105 Å². The van der Waals surface area contributed by atoms with E-state index in [1.807, 2.05) is 24.3 Å². The van der Waals surface area contributed by atoms with Gasteiger partial charge in [0, 0.05) is 91.6 Å². The molecule has 0 atom stereocenters. The molecule has 9 rings (SSSR count). The maximum Gasteiger partial charge on any atom is 0.293 e. The van der Waals surface area contributed by atoms with Crippen molar-refractivity contribution in [3.63, 3.8) is 0 Å². The molecule has 6 radical (unpaired) electrons. The summed E-state index contributed by atoms with van der Waals surface area (Å²) in [5.74, 6) is -0.0369. The summed E-state index contributed by atoms with van der Waals surface area (Å²) in [7, 11) is 17.2. The lowest BCUT2D eigenvalue weighted by atomic mass is 9.52. The van der Waals surface area contributed by atoms with Gasteiger partial charge in [-0.25, -0.2) is 9.37 Å². The van der Waals surface area contributed by atoms with Gasteiger partial charge in [0.15, 0.2) is 11.3 Å². The van der Waals surface area contributed by atoms with Crippen molar-refractivity contribution < 1.29 is 28.0 Å². The number of hydrogen-bond donors (Lipinski definition) is 3. The molecule has 1 amide bonds.